The average molecular weight is 261 g/mol. The molecule has 0 amide bonds. The molecule has 0 bridgehead atoms. The van der Waals surface area contributed by atoms with Gasteiger partial charge >= 0.3 is 0 Å². The van der Waals surface area contributed by atoms with E-state index in [4.69, 9.17) is 10.5 Å². The summed E-state index contributed by atoms with van der Waals surface area (Å²) in [7, 11) is 0. The molecule has 106 valence electrons. The normalized spacial score (nSPS) is 25.1. The zero-order valence-electron chi connectivity index (χ0n) is 12.5. The predicted octanol–water partition coefficient (Wildman–Crippen LogP) is 4.36. The van der Waals surface area contributed by atoms with Gasteiger partial charge < -0.3 is 10.5 Å². The van der Waals surface area contributed by atoms with E-state index in [1.807, 2.05) is 6.92 Å². The lowest BCUT2D eigenvalue weighted by molar-refractivity contribution is 0.120. The Kier molecular flexibility index (Phi) is 4.87. The van der Waals surface area contributed by atoms with Gasteiger partial charge in [0.15, 0.2) is 0 Å². The lowest BCUT2D eigenvalue weighted by Gasteiger charge is -2.30. The van der Waals surface area contributed by atoms with Crippen LogP contribution in [0.5, 0.6) is 5.75 Å². The van der Waals surface area contributed by atoms with Gasteiger partial charge in [-0.25, -0.2) is 0 Å². The molecule has 0 aliphatic heterocycles. The van der Waals surface area contributed by atoms with Crippen molar-refractivity contribution in [3.8, 4) is 5.75 Å². The van der Waals surface area contributed by atoms with Gasteiger partial charge in [-0.3, -0.25) is 0 Å². The molecule has 0 heterocycles. The van der Waals surface area contributed by atoms with Crippen LogP contribution in [0.1, 0.15) is 63.1 Å². The summed E-state index contributed by atoms with van der Waals surface area (Å²) in [6.45, 7) is 6.41. The number of aryl methyl sites for hydroxylation is 1. The summed E-state index contributed by atoms with van der Waals surface area (Å²) >= 11 is 0. The molecule has 0 spiro atoms. The van der Waals surface area contributed by atoms with Gasteiger partial charge in [0.1, 0.15) is 5.75 Å². The summed E-state index contributed by atoms with van der Waals surface area (Å²) in [4.78, 5) is 0. The molecule has 0 radical (unpaired) electrons. The highest BCUT2D eigenvalue weighted by Crippen LogP contribution is 2.32. The Morgan fingerprint density at radius 3 is 2.84 bits per heavy atom. The standard InChI is InChI=1S/C17H27NO/c1-4-14-6-5-7-15(11-14)19-17-9-8-12(2)10-16(17)13(3)18/h8-10,13-15H,4-7,11,18H2,1-3H3. The Balaban J connectivity index is 2.10. The minimum atomic E-state index is 0.0282. The molecule has 3 atom stereocenters. The van der Waals surface area contributed by atoms with Crippen LogP contribution in [0.25, 0.3) is 0 Å². The van der Waals surface area contributed by atoms with Crippen molar-refractivity contribution < 1.29 is 4.74 Å². The lowest BCUT2D eigenvalue weighted by atomic mass is 9.85. The summed E-state index contributed by atoms with van der Waals surface area (Å²) in [5.74, 6) is 1.82. The van der Waals surface area contributed by atoms with Crippen molar-refractivity contribution in [3.63, 3.8) is 0 Å². The molecule has 1 aliphatic carbocycles. The minimum Gasteiger partial charge on any atom is -0.490 e. The van der Waals surface area contributed by atoms with Crippen molar-refractivity contribution in [1.82, 2.24) is 0 Å². The molecular formula is C17H27NO. The third-order valence-electron chi connectivity index (χ3n) is 4.26. The van der Waals surface area contributed by atoms with E-state index in [2.05, 4.69) is 32.0 Å². The molecule has 1 aliphatic rings. The smallest absolute Gasteiger partial charge is 0.124 e. The van der Waals surface area contributed by atoms with Crippen molar-refractivity contribution in [2.75, 3.05) is 0 Å². The van der Waals surface area contributed by atoms with Crippen LogP contribution in [0, 0.1) is 12.8 Å². The maximum absolute atomic E-state index is 6.25. The van der Waals surface area contributed by atoms with Gasteiger partial charge in [-0.15, -0.1) is 0 Å². The van der Waals surface area contributed by atoms with Crippen molar-refractivity contribution in [3.05, 3.63) is 29.3 Å². The maximum Gasteiger partial charge on any atom is 0.124 e. The highest BCUT2D eigenvalue weighted by atomic mass is 16.5. The second-order valence-electron chi connectivity index (χ2n) is 6.01. The molecule has 1 aromatic rings. The van der Waals surface area contributed by atoms with Gasteiger partial charge in [0.2, 0.25) is 0 Å². The van der Waals surface area contributed by atoms with E-state index in [1.54, 1.807) is 0 Å². The first-order valence-corrected chi connectivity index (χ1v) is 7.63. The summed E-state index contributed by atoms with van der Waals surface area (Å²) < 4.78 is 6.25. The second kappa shape index (κ2) is 6.42. The van der Waals surface area contributed by atoms with Crippen LogP contribution < -0.4 is 10.5 Å². The number of ether oxygens (including phenoxy) is 1. The summed E-state index contributed by atoms with van der Waals surface area (Å²) in [5, 5.41) is 0. The molecule has 0 saturated heterocycles. The fourth-order valence-corrected chi connectivity index (χ4v) is 3.03. The van der Waals surface area contributed by atoms with E-state index < -0.39 is 0 Å². The highest BCUT2D eigenvalue weighted by molar-refractivity contribution is 5.38. The Hall–Kier alpha value is -1.02. The number of nitrogens with two attached hydrogens (primary N) is 1. The maximum atomic E-state index is 6.25. The van der Waals surface area contributed by atoms with E-state index in [0.717, 1.165) is 17.2 Å². The van der Waals surface area contributed by atoms with Gasteiger partial charge in [0, 0.05) is 11.6 Å². The van der Waals surface area contributed by atoms with E-state index in [9.17, 15) is 0 Å². The number of hydrogen-bond donors (Lipinski definition) is 1. The SMILES string of the molecule is CCC1CCCC(Oc2ccc(C)cc2C(C)N)C1. The van der Waals surface area contributed by atoms with Gasteiger partial charge in [0.25, 0.3) is 0 Å². The molecule has 0 aromatic heterocycles. The Morgan fingerprint density at radius 1 is 1.37 bits per heavy atom. The monoisotopic (exact) mass is 261 g/mol. The van der Waals surface area contributed by atoms with Crippen molar-refractivity contribution in [2.24, 2.45) is 11.7 Å². The van der Waals surface area contributed by atoms with Crippen LogP contribution in [0.15, 0.2) is 18.2 Å². The Labute approximate surface area is 117 Å². The van der Waals surface area contributed by atoms with Crippen LogP contribution in [0.2, 0.25) is 0 Å². The average Bonchev–Trinajstić information content (AvgIpc) is 2.41. The van der Waals surface area contributed by atoms with E-state index >= 15 is 0 Å². The van der Waals surface area contributed by atoms with Crippen LogP contribution >= 0.6 is 0 Å². The van der Waals surface area contributed by atoms with Crippen molar-refractivity contribution in [2.45, 2.75) is 65.0 Å². The topological polar surface area (TPSA) is 35.2 Å². The van der Waals surface area contributed by atoms with Gasteiger partial charge in [-0.1, -0.05) is 37.5 Å². The molecule has 2 N–H and O–H groups in total. The Morgan fingerprint density at radius 2 is 2.16 bits per heavy atom. The fraction of sp³-hybridized carbons (Fsp3) is 0.647. The van der Waals surface area contributed by atoms with Crippen LogP contribution in [0.4, 0.5) is 0 Å². The molecule has 2 rings (SSSR count). The molecule has 19 heavy (non-hydrogen) atoms. The molecule has 1 aromatic carbocycles. The zero-order valence-corrected chi connectivity index (χ0v) is 12.5. The third-order valence-corrected chi connectivity index (χ3v) is 4.26. The second-order valence-corrected chi connectivity index (χ2v) is 6.01. The van der Waals surface area contributed by atoms with Crippen LogP contribution in [-0.2, 0) is 0 Å². The van der Waals surface area contributed by atoms with Gasteiger partial charge in [-0.2, -0.15) is 0 Å². The molecule has 1 saturated carbocycles. The molecular weight excluding hydrogens is 234 g/mol. The minimum absolute atomic E-state index is 0.0282. The van der Waals surface area contributed by atoms with Crippen molar-refractivity contribution in [1.29, 1.82) is 0 Å². The van der Waals surface area contributed by atoms with Gasteiger partial charge in [-0.05, 0) is 45.1 Å². The fourth-order valence-electron chi connectivity index (χ4n) is 3.03. The summed E-state index contributed by atoms with van der Waals surface area (Å²) in [6.07, 6.45) is 6.69. The lowest BCUT2D eigenvalue weighted by Crippen LogP contribution is -2.26. The molecule has 2 heteroatoms. The summed E-state index contributed by atoms with van der Waals surface area (Å²) in [5.41, 5.74) is 8.44. The first-order chi connectivity index (χ1) is 9.10. The molecule has 2 nitrogen and oxygen atoms in total. The first-order valence-electron chi connectivity index (χ1n) is 7.63. The van der Waals surface area contributed by atoms with E-state index in [0.29, 0.717) is 6.10 Å². The molecule has 1 fully saturated rings. The van der Waals surface area contributed by atoms with Crippen LogP contribution in [-0.4, -0.2) is 6.10 Å². The van der Waals surface area contributed by atoms with Crippen LogP contribution in [0.3, 0.4) is 0 Å². The third kappa shape index (κ3) is 3.73. The molecule has 3 unspecified atom stereocenters. The zero-order chi connectivity index (χ0) is 13.8. The largest absolute Gasteiger partial charge is 0.490 e. The predicted molar refractivity (Wildman–Crippen MR) is 80.4 cm³/mol. The summed E-state index contributed by atoms with van der Waals surface area (Å²) in [6, 6.07) is 6.38. The first kappa shape index (κ1) is 14.4. The quantitative estimate of drug-likeness (QED) is 0.874. The number of rotatable bonds is 4. The number of benzene rings is 1. The Bertz CT molecular complexity index is 414. The number of hydrogen-bond acceptors (Lipinski definition) is 2. The van der Waals surface area contributed by atoms with Crippen molar-refractivity contribution >= 4 is 0 Å². The van der Waals surface area contributed by atoms with E-state index in [1.165, 1.54) is 37.7 Å². The highest BCUT2D eigenvalue weighted by Gasteiger charge is 2.23. The van der Waals surface area contributed by atoms with E-state index in [-0.39, 0.29) is 6.04 Å². The van der Waals surface area contributed by atoms with Gasteiger partial charge in [0.05, 0.1) is 6.10 Å².